The minimum Gasteiger partial charge on any atom is -0.394 e. The highest BCUT2D eigenvalue weighted by molar-refractivity contribution is 6.01. The fraction of sp³-hybridized carbons (Fsp3) is 0.429. The van der Waals surface area contributed by atoms with Gasteiger partial charge in [-0.3, -0.25) is 9.59 Å². The molecule has 0 saturated carbocycles. The number of amides is 1. The van der Waals surface area contributed by atoms with Crippen LogP contribution in [0.25, 0.3) is 0 Å². The van der Waals surface area contributed by atoms with Crippen LogP contribution in [0.1, 0.15) is 52.6 Å². The SMILES string of the molecule is Cc1c(CC(=O)NC(C)CO)c2c(n1Cc1ccccc1)CCCC2=O. The first kappa shape index (κ1) is 18.4. The minimum absolute atomic E-state index is 0.100. The number of carbonyl (C=O) groups excluding carboxylic acids is 2. The highest BCUT2D eigenvalue weighted by Crippen LogP contribution is 2.31. The van der Waals surface area contributed by atoms with Crippen molar-refractivity contribution in [3.8, 4) is 0 Å². The molecule has 1 aromatic heterocycles. The van der Waals surface area contributed by atoms with Gasteiger partial charge in [-0.05, 0) is 37.8 Å². The fourth-order valence-electron chi connectivity index (χ4n) is 3.71. The average molecular weight is 354 g/mol. The lowest BCUT2D eigenvalue weighted by Gasteiger charge is -2.16. The van der Waals surface area contributed by atoms with Gasteiger partial charge in [0, 0.05) is 36.0 Å². The van der Waals surface area contributed by atoms with Crippen molar-refractivity contribution in [3.63, 3.8) is 0 Å². The van der Waals surface area contributed by atoms with Gasteiger partial charge in [-0.2, -0.15) is 0 Å². The van der Waals surface area contributed by atoms with E-state index in [1.54, 1.807) is 6.92 Å². The number of Topliss-reactive ketones (excluding diaryl/α,β-unsaturated/α-hetero) is 1. The van der Waals surface area contributed by atoms with E-state index >= 15 is 0 Å². The van der Waals surface area contributed by atoms with E-state index in [1.807, 2.05) is 25.1 Å². The fourth-order valence-corrected chi connectivity index (χ4v) is 3.71. The number of carbonyl (C=O) groups is 2. The quantitative estimate of drug-likeness (QED) is 0.837. The van der Waals surface area contributed by atoms with Crippen LogP contribution in [0.2, 0.25) is 0 Å². The summed E-state index contributed by atoms with van der Waals surface area (Å²) < 4.78 is 2.19. The Kier molecular flexibility index (Phi) is 5.57. The zero-order valence-electron chi connectivity index (χ0n) is 15.4. The van der Waals surface area contributed by atoms with Crippen molar-refractivity contribution >= 4 is 11.7 Å². The summed E-state index contributed by atoms with van der Waals surface area (Å²) in [6, 6.07) is 9.87. The third-order valence-corrected chi connectivity index (χ3v) is 5.06. The number of ketones is 1. The van der Waals surface area contributed by atoms with Gasteiger partial charge in [0.15, 0.2) is 5.78 Å². The maximum atomic E-state index is 12.6. The number of aromatic nitrogens is 1. The van der Waals surface area contributed by atoms with Crippen LogP contribution in [-0.2, 0) is 24.2 Å². The van der Waals surface area contributed by atoms with Crippen LogP contribution in [0.3, 0.4) is 0 Å². The summed E-state index contributed by atoms with van der Waals surface area (Å²) >= 11 is 0. The van der Waals surface area contributed by atoms with E-state index in [1.165, 1.54) is 5.56 Å². The van der Waals surface area contributed by atoms with Crippen LogP contribution in [0.15, 0.2) is 30.3 Å². The molecule has 1 aliphatic carbocycles. The number of nitrogens with one attached hydrogen (secondary N) is 1. The van der Waals surface area contributed by atoms with Crippen LogP contribution < -0.4 is 5.32 Å². The van der Waals surface area contributed by atoms with E-state index in [4.69, 9.17) is 5.11 Å². The molecule has 26 heavy (non-hydrogen) atoms. The molecule has 0 radical (unpaired) electrons. The minimum atomic E-state index is -0.291. The predicted octanol–water partition coefficient (Wildman–Crippen LogP) is 2.40. The summed E-state index contributed by atoms with van der Waals surface area (Å²) in [7, 11) is 0. The second-order valence-electron chi connectivity index (χ2n) is 7.06. The van der Waals surface area contributed by atoms with E-state index in [9.17, 15) is 9.59 Å². The van der Waals surface area contributed by atoms with Crippen LogP contribution in [0.4, 0.5) is 0 Å². The van der Waals surface area contributed by atoms with Crippen molar-refractivity contribution in [3.05, 3.63) is 58.4 Å². The normalized spacial score (nSPS) is 14.8. The van der Waals surface area contributed by atoms with Gasteiger partial charge in [0.1, 0.15) is 0 Å². The van der Waals surface area contributed by atoms with Gasteiger partial charge in [-0.15, -0.1) is 0 Å². The molecule has 2 N–H and O–H groups in total. The molecule has 1 unspecified atom stereocenters. The maximum Gasteiger partial charge on any atom is 0.224 e. The largest absolute Gasteiger partial charge is 0.394 e. The van der Waals surface area contributed by atoms with Gasteiger partial charge in [0.25, 0.3) is 0 Å². The Hall–Kier alpha value is -2.40. The predicted molar refractivity (Wildman–Crippen MR) is 100 cm³/mol. The molecule has 1 atom stereocenters. The topological polar surface area (TPSA) is 71.3 Å². The lowest BCUT2D eigenvalue weighted by Crippen LogP contribution is -2.36. The zero-order chi connectivity index (χ0) is 18.7. The number of rotatable bonds is 6. The Morgan fingerprint density at radius 1 is 1.27 bits per heavy atom. The second-order valence-corrected chi connectivity index (χ2v) is 7.06. The van der Waals surface area contributed by atoms with E-state index < -0.39 is 0 Å². The number of fused-ring (bicyclic) bond motifs is 1. The monoisotopic (exact) mass is 354 g/mol. The summed E-state index contributed by atoms with van der Waals surface area (Å²) in [5.41, 5.74) is 4.80. The van der Waals surface area contributed by atoms with Crippen LogP contribution >= 0.6 is 0 Å². The van der Waals surface area contributed by atoms with Crippen molar-refractivity contribution in [1.29, 1.82) is 0 Å². The lowest BCUT2D eigenvalue weighted by atomic mass is 9.92. The summed E-state index contributed by atoms with van der Waals surface area (Å²) in [6.07, 6.45) is 2.44. The van der Waals surface area contributed by atoms with Crippen molar-refractivity contribution < 1.29 is 14.7 Å². The highest BCUT2D eigenvalue weighted by Gasteiger charge is 2.29. The van der Waals surface area contributed by atoms with Crippen molar-refractivity contribution in [2.75, 3.05) is 6.61 Å². The highest BCUT2D eigenvalue weighted by atomic mass is 16.3. The molecule has 2 aromatic rings. The summed E-state index contributed by atoms with van der Waals surface area (Å²) in [5.74, 6) is -0.0214. The molecule has 0 spiro atoms. The first-order chi connectivity index (χ1) is 12.5. The molecule has 5 heteroatoms. The van der Waals surface area contributed by atoms with Gasteiger partial charge in [-0.25, -0.2) is 0 Å². The molecule has 1 aliphatic rings. The zero-order valence-corrected chi connectivity index (χ0v) is 15.4. The number of nitrogens with zero attached hydrogens (tertiary/aromatic N) is 1. The second kappa shape index (κ2) is 7.87. The average Bonchev–Trinajstić information content (AvgIpc) is 2.89. The van der Waals surface area contributed by atoms with Crippen molar-refractivity contribution in [2.45, 2.75) is 52.1 Å². The first-order valence-electron chi connectivity index (χ1n) is 9.19. The van der Waals surface area contributed by atoms with Gasteiger partial charge in [-0.1, -0.05) is 30.3 Å². The number of aliphatic hydroxyl groups is 1. The molecule has 5 nitrogen and oxygen atoms in total. The summed E-state index contributed by atoms with van der Waals surface area (Å²) in [4.78, 5) is 25.0. The van der Waals surface area contributed by atoms with Gasteiger partial charge < -0.3 is 15.0 Å². The van der Waals surface area contributed by atoms with Crippen molar-refractivity contribution in [2.24, 2.45) is 0 Å². The number of hydrogen-bond acceptors (Lipinski definition) is 3. The molecule has 138 valence electrons. The molecule has 0 bridgehead atoms. The van der Waals surface area contributed by atoms with E-state index in [0.717, 1.165) is 35.4 Å². The molecule has 1 aromatic carbocycles. The Labute approximate surface area is 154 Å². The van der Waals surface area contributed by atoms with Gasteiger partial charge >= 0.3 is 0 Å². The van der Waals surface area contributed by atoms with Crippen LogP contribution in [0.5, 0.6) is 0 Å². The van der Waals surface area contributed by atoms with Crippen molar-refractivity contribution in [1.82, 2.24) is 9.88 Å². The molecular formula is C21H26N2O3. The van der Waals surface area contributed by atoms with Gasteiger partial charge in [0.05, 0.1) is 13.0 Å². The summed E-state index contributed by atoms with van der Waals surface area (Å²) in [5, 5.41) is 11.9. The molecule has 0 aliphatic heterocycles. The number of hydrogen-bond donors (Lipinski definition) is 2. The van der Waals surface area contributed by atoms with Crippen LogP contribution in [-0.4, -0.2) is 34.0 Å². The van der Waals surface area contributed by atoms with E-state index in [-0.39, 0.29) is 30.8 Å². The smallest absolute Gasteiger partial charge is 0.224 e. The molecular weight excluding hydrogens is 328 g/mol. The van der Waals surface area contributed by atoms with Gasteiger partial charge in [0.2, 0.25) is 5.91 Å². The van der Waals surface area contributed by atoms with E-state index in [2.05, 4.69) is 22.0 Å². The Morgan fingerprint density at radius 3 is 2.69 bits per heavy atom. The van der Waals surface area contributed by atoms with E-state index in [0.29, 0.717) is 13.0 Å². The molecule has 0 saturated heterocycles. The Bertz CT molecular complexity index is 808. The Balaban J connectivity index is 1.96. The molecule has 0 fully saturated rings. The molecule has 1 amide bonds. The summed E-state index contributed by atoms with van der Waals surface area (Å²) in [6.45, 7) is 4.35. The Morgan fingerprint density at radius 2 is 2.00 bits per heavy atom. The number of aliphatic hydroxyl groups excluding tert-OH is 1. The maximum absolute atomic E-state index is 12.6. The van der Waals surface area contributed by atoms with Crippen LogP contribution in [0, 0.1) is 6.92 Å². The third-order valence-electron chi connectivity index (χ3n) is 5.06. The standard InChI is InChI=1S/C21H26N2O3/c1-14(13-24)22-20(26)11-17-15(2)23(12-16-7-4-3-5-8-16)18-9-6-10-19(25)21(17)18/h3-5,7-8,14,24H,6,9-13H2,1-2H3,(H,22,26). The third kappa shape index (κ3) is 3.73. The lowest BCUT2D eigenvalue weighted by molar-refractivity contribution is -0.121. The molecule has 3 rings (SSSR count). The molecule has 1 heterocycles. The number of benzene rings is 1. The first-order valence-corrected chi connectivity index (χ1v) is 9.19.